The first-order valence-corrected chi connectivity index (χ1v) is 5.39. The first-order valence-electron chi connectivity index (χ1n) is 5.39. The topological polar surface area (TPSA) is 38.1 Å². The summed E-state index contributed by atoms with van der Waals surface area (Å²) in [4.78, 5) is 0. The summed E-state index contributed by atoms with van der Waals surface area (Å²) in [5, 5.41) is 7.48. The van der Waals surface area contributed by atoms with Crippen LogP contribution in [0.25, 0.3) is 0 Å². The van der Waals surface area contributed by atoms with E-state index in [0.29, 0.717) is 6.04 Å². The first kappa shape index (κ1) is 9.71. The van der Waals surface area contributed by atoms with Gasteiger partial charge in [0.25, 0.3) is 0 Å². The highest BCUT2D eigenvalue weighted by molar-refractivity contribution is 5.03. The molecule has 3 heteroatoms. The zero-order chi connectivity index (χ0) is 9.97. The average molecular weight is 194 g/mol. The van der Waals surface area contributed by atoms with Crippen molar-refractivity contribution in [2.75, 3.05) is 0 Å². The summed E-state index contributed by atoms with van der Waals surface area (Å²) in [5.41, 5.74) is 1.02. The molecule has 2 rings (SSSR count). The van der Waals surface area contributed by atoms with Gasteiger partial charge >= 0.3 is 0 Å². The molecule has 0 radical (unpaired) electrons. The maximum Gasteiger partial charge on any atom is 0.133 e. The van der Waals surface area contributed by atoms with Crippen molar-refractivity contribution in [2.24, 2.45) is 5.92 Å². The van der Waals surface area contributed by atoms with E-state index in [1.165, 1.54) is 19.3 Å². The van der Waals surface area contributed by atoms with E-state index in [0.717, 1.165) is 23.9 Å². The van der Waals surface area contributed by atoms with E-state index in [9.17, 15) is 0 Å². The highest BCUT2D eigenvalue weighted by Crippen LogP contribution is 2.24. The van der Waals surface area contributed by atoms with E-state index >= 15 is 0 Å². The molecule has 2 unspecified atom stereocenters. The van der Waals surface area contributed by atoms with Crippen molar-refractivity contribution in [3.8, 4) is 0 Å². The average Bonchev–Trinajstić information content (AvgIpc) is 2.72. The fourth-order valence-electron chi connectivity index (χ4n) is 2.14. The number of aryl methyl sites for hydroxylation is 1. The van der Waals surface area contributed by atoms with Gasteiger partial charge in [-0.2, -0.15) is 0 Å². The predicted molar refractivity (Wildman–Crippen MR) is 54.9 cm³/mol. The second kappa shape index (κ2) is 4.13. The lowest BCUT2D eigenvalue weighted by Gasteiger charge is -2.09. The van der Waals surface area contributed by atoms with Crippen LogP contribution in [0.1, 0.15) is 37.6 Å². The van der Waals surface area contributed by atoms with Crippen LogP contribution in [0.15, 0.2) is 10.6 Å². The van der Waals surface area contributed by atoms with Crippen LogP contribution in [0.3, 0.4) is 0 Å². The van der Waals surface area contributed by atoms with Crippen LogP contribution in [0.5, 0.6) is 0 Å². The Labute approximate surface area is 84.9 Å². The molecule has 1 aromatic heterocycles. The molecule has 0 aromatic carbocycles. The molecule has 0 spiro atoms. The molecule has 1 heterocycles. The molecule has 78 valence electrons. The predicted octanol–water partition coefficient (Wildman–Crippen LogP) is 2.26. The van der Waals surface area contributed by atoms with Crippen LogP contribution in [0.4, 0.5) is 0 Å². The molecule has 0 amide bonds. The van der Waals surface area contributed by atoms with Crippen LogP contribution in [0.2, 0.25) is 0 Å². The molecular formula is C11H18N2O. The third-order valence-corrected chi connectivity index (χ3v) is 2.94. The summed E-state index contributed by atoms with van der Waals surface area (Å²) in [6, 6.07) is 2.67. The number of hydrogen-bond donors (Lipinski definition) is 1. The number of aromatic nitrogens is 1. The first-order chi connectivity index (χ1) is 6.74. The quantitative estimate of drug-likeness (QED) is 0.802. The molecule has 1 saturated carbocycles. The third-order valence-electron chi connectivity index (χ3n) is 2.94. The van der Waals surface area contributed by atoms with Gasteiger partial charge in [-0.3, -0.25) is 0 Å². The van der Waals surface area contributed by atoms with E-state index in [2.05, 4.69) is 17.4 Å². The number of hydrogen-bond acceptors (Lipinski definition) is 3. The Bertz CT molecular complexity index is 295. The molecule has 14 heavy (non-hydrogen) atoms. The zero-order valence-electron chi connectivity index (χ0n) is 8.92. The summed E-state index contributed by atoms with van der Waals surface area (Å²) >= 11 is 0. The van der Waals surface area contributed by atoms with Crippen LogP contribution < -0.4 is 5.32 Å². The number of rotatable bonds is 3. The SMILES string of the molecule is Cc1cc(CNC2CCC(C)C2)no1. The van der Waals surface area contributed by atoms with E-state index in [4.69, 9.17) is 4.52 Å². The Balaban J connectivity index is 1.77. The number of nitrogens with zero attached hydrogens (tertiary/aromatic N) is 1. The molecule has 1 fully saturated rings. The fraction of sp³-hybridized carbons (Fsp3) is 0.727. The van der Waals surface area contributed by atoms with E-state index in [1.54, 1.807) is 0 Å². The maximum atomic E-state index is 5.01. The highest BCUT2D eigenvalue weighted by atomic mass is 16.5. The summed E-state index contributed by atoms with van der Waals surface area (Å²) in [6.07, 6.45) is 3.96. The van der Waals surface area contributed by atoms with Crippen molar-refractivity contribution >= 4 is 0 Å². The summed E-state index contributed by atoms with van der Waals surface area (Å²) in [7, 11) is 0. The van der Waals surface area contributed by atoms with Gasteiger partial charge in [-0.15, -0.1) is 0 Å². The van der Waals surface area contributed by atoms with Gasteiger partial charge in [0.1, 0.15) is 5.76 Å². The fourth-order valence-corrected chi connectivity index (χ4v) is 2.14. The molecule has 1 aliphatic carbocycles. The van der Waals surface area contributed by atoms with Crippen molar-refractivity contribution in [1.29, 1.82) is 0 Å². The summed E-state index contributed by atoms with van der Waals surface area (Å²) in [6.45, 7) is 5.09. The lowest BCUT2D eigenvalue weighted by molar-refractivity contribution is 0.384. The molecule has 1 aromatic rings. The summed E-state index contributed by atoms with van der Waals surface area (Å²) in [5.74, 6) is 1.77. The standard InChI is InChI=1S/C11H18N2O/c1-8-3-4-10(5-8)12-7-11-6-9(2)14-13-11/h6,8,10,12H,3-5,7H2,1-2H3. The van der Waals surface area contributed by atoms with Crippen LogP contribution in [-0.2, 0) is 6.54 Å². The lowest BCUT2D eigenvalue weighted by atomic mass is 10.1. The Morgan fingerprint density at radius 2 is 2.43 bits per heavy atom. The van der Waals surface area contributed by atoms with Gasteiger partial charge in [0.05, 0.1) is 5.69 Å². The van der Waals surface area contributed by atoms with Gasteiger partial charge < -0.3 is 9.84 Å². The second-order valence-electron chi connectivity index (χ2n) is 4.42. The molecule has 0 bridgehead atoms. The smallest absolute Gasteiger partial charge is 0.133 e. The van der Waals surface area contributed by atoms with E-state index in [-0.39, 0.29) is 0 Å². The van der Waals surface area contributed by atoms with Crippen molar-refractivity contribution in [2.45, 2.75) is 45.7 Å². The van der Waals surface area contributed by atoms with Crippen molar-refractivity contribution < 1.29 is 4.52 Å². The van der Waals surface area contributed by atoms with Crippen molar-refractivity contribution in [1.82, 2.24) is 10.5 Å². The molecule has 2 atom stereocenters. The molecule has 3 nitrogen and oxygen atoms in total. The number of nitrogens with one attached hydrogen (secondary N) is 1. The van der Waals surface area contributed by atoms with Crippen molar-refractivity contribution in [3.63, 3.8) is 0 Å². The van der Waals surface area contributed by atoms with Gasteiger partial charge in [0.15, 0.2) is 0 Å². The van der Waals surface area contributed by atoms with Crippen LogP contribution >= 0.6 is 0 Å². The lowest BCUT2D eigenvalue weighted by Crippen LogP contribution is -2.25. The third kappa shape index (κ3) is 2.35. The zero-order valence-corrected chi connectivity index (χ0v) is 8.92. The second-order valence-corrected chi connectivity index (χ2v) is 4.42. The minimum absolute atomic E-state index is 0.682. The van der Waals surface area contributed by atoms with Crippen LogP contribution in [-0.4, -0.2) is 11.2 Å². The highest BCUT2D eigenvalue weighted by Gasteiger charge is 2.20. The van der Waals surface area contributed by atoms with Gasteiger partial charge in [0.2, 0.25) is 0 Å². The monoisotopic (exact) mass is 194 g/mol. The van der Waals surface area contributed by atoms with Gasteiger partial charge in [-0.1, -0.05) is 12.1 Å². The molecule has 1 N–H and O–H groups in total. The van der Waals surface area contributed by atoms with E-state index < -0.39 is 0 Å². The van der Waals surface area contributed by atoms with Crippen LogP contribution in [0, 0.1) is 12.8 Å². The Kier molecular flexibility index (Phi) is 2.87. The van der Waals surface area contributed by atoms with Gasteiger partial charge in [-0.25, -0.2) is 0 Å². The molecule has 1 aliphatic rings. The van der Waals surface area contributed by atoms with Crippen molar-refractivity contribution in [3.05, 3.63) is 17.5 Å². The molecule has 0 saturated heterocycles. The minimum Gasteiger partial charge on any atom is -0.361 e. The summed E-state index contributed by atoms with van der Waals surface area (Å²) < 4.78 is 5.01. The van der Waals surface area contributed by atoms with Gasteiger partial charge in [-0.05, 0) is 32.1 Å². The maximum absolute atomic E-state index is 5.01. The normalized spacial score (nSPS) is 27.0. The molecule has 0 aliphatic heterocycles. The Hall–Kier alpha value is -0.830. The van der Waals surface area contributed by atoms with E-state index in [1.807, 2.05) is 13.0 Å². The van der Waals surface area contributed by atoms with Gasteiger partial charge in [0, 0.05) is 18.7 Å². The minimum atomic E-state index is 0.682. The Morgan fingerprint density at radius 1 is 1.57 bits per heavy atom. The largest absolute Gasteiger partial charge is 0.361 e. The Morgan fingerprint density at radius 3 is 3.00 bits per heavy atom. The molecular weight excluding hydrogens is 176 g/mol.